The number of aromatic nitrogens is 1. The highest BCUT2D eigenvalue weighted by molar-refractivity contribution is 7.09. The zero-order chi connectivity index (χ0) is 27.7. The molecule has 0 radical (unpaired) electrons. The minimum Gasteiger partial charge on any atom is -1.00 e. The van der Waals surface area contributed by atoms with Crippen LogP contribution >= 0.6 is 22.9 Å². The van der Waals surface area contributed by atoms with Crippen LogP contribution in [-0.2, 0) is 6.54 Å². The number of anilines is 2. The summed E-state index contributed by atoms with van der Waals surface area (Å²) >= 11 is 7.94. The van der Waals surface area contributed by atoms with Crippen LogP contribution in [0, 0.1) is 6.92 Å². The predicted molar refractivity (Wildman–Crippen MR) is 165 cm³/mol. The van der Waals surface area contributed by atoms with E-state index in [0.29, 0.717) is 23.1 Å². The second kappa shape index (κ2) is 19.9. The molecule has 2 N–H and O–H groups in total. The summed E-state index contributed by atoms with van der Waals surface area (Å²) in [6, 6.07) is 12.9. The Balaban J connectivity index is 0.00000560. The number of aryl methyl sites for hydroxylation is 1. The molecule has 0 bridgehead atoms. The van der Waals surface area contributed by atoms with Crippen LogP contribution < -0.4 is 36.9 Å². The van der Waals surface area contributed by atoms with Crippen molar-refractivity contribution in [2.75, 3.05) is 17.2 Å². The molecule has 1 aromatic heterocycles. The third kappa shape index (κ3) is 13.5. The number of unbranched alkanes of at least 4 members (excludes halogenated alkanes) is 11. The van der Waals surface area contributed by atoms with Crippen LogP contribution in [0.25, 0.3) is 0 Å². The zero-order valence-electron chi connectivity index (χ0n) is 24.0. The lowest BCUT2D eigenvalue weighted by Crippen LogP contribution is -3.00. The molecule has 0 unspecified atom stereocenters. The summed E-state index contributed by atoms with van der Waals surface area (Å²) in [7, 11) is 0. The molecule has 0 aliphatic heterocycles. The fourth-order valence-electron chi connectivity index (χ4n) is 4.56. The molecule has 0 saturated carbocycles. The van der Waals surface area contributed by atoms with E-state index in [1.807, 2.05) is 24.3 Å². The van der Waals surface area contributed by atoms with Gasteiger partial charge in [-0.3, -0.25) is 0 Å². The van der Waals surface area contributed by atoms with Crippen molar-refractivity contribution in [3.63, 3.8) is 0 Å². The Morgan fingerprint density at radius 2 is 1.50 bits per heavy atom. The van der Waals surface area contributed by atoms with Gasteiger partial charge < -0.3 is 32.4 Å². The van der Waals surface area contributed by atoms with Gasteiger partial charge >= 0.3 is 6.03 Å². The maximum absolute atomic E-state index is 12.7. The van der Waals surface area contributed by atoms with Crippen molar-refractivity contribution >= 4 is 40.3 Å². The summed E-state index contributed by atoms with van der Waals surface area (Å²) in [5.41, 5.74) is 4.63. The standard InChI is InChI=1S/C32H44ClN3O2S.BrH/c1-3-4-5-6-7-8-9-10-11-12-13-14-21-38-31-22-28(33)17-20-30(31)35-32(37)34-29-18-15-27(16-19-29)24-36-23-26(2)39-25-36;/h15-20,22-23,25H,3-14,21,24H2,1-2H3,(H-,34,35,37);1H. The second-order valence-corrected chi connectivity index (χ2v) is 11.8. The van der Waals surface area contributed by atoms with Crippen LogP contribution in [-0.4, -0.2) is 12.6 Å². The van der Waals surface area contributed by atoms with Gasteiger partial charge in [-0.25, -0.2) is 4.79 Å². The van der Waals surface area contributed by atoms with Gasteiger partial charge in [-0.15, -0.1) is 0 Å². The topological polar surface area (TPSA) is 54.2 Å². The predicted octanol–water partition coefficient (Wildman–Crippen LogP) is 6.77. The van der Waals surface area contributed by atoms with Gasteiger partial charge in [-0.05, 0) is 37.6 Å². The Labute approximate surface area is 260 Å². The molecule has 0 aliphatic carbocycles. The zero-order valence-corrected chi connectivity index (χ0v) is 27.2. The molecule has 220 valence electrons. The molecule has 2 aromatic carbocycles. The molecule has 0 atom stereocenters. The van der Waals surface area contributed by atoms with Gasteiger partial charge in [0.15, 0.2) is 12.7 Å². The summed E-state index contributed by atoms with van der Waals surface area (Å²) in [5.74, 6) is 0.596. The Bertz CT molecular complexity index is 1120. The quantitative estimate of drug-likeness (QED) is 0.118. The van der Waals surface area contributed by atoms with Crippen LogP contribution in [0.1, 0.15) is 94.4 Å². The number of carbonyl (C=O) groups is 1. The summed E-state index contributed by atoms with van der Waals surface area (Å²) < 4.78 is 8.17. The third-order valence-corrected chi connectivity index (χ3v) is 7.83. The summed E-state index contributed by atoms with van der Waals surface area (Å²) in [4.78, 5) is 14.0. The number of halogens is 2. The third-order valence-electron chi connectivity index (χ3n) is 6.75. The lowest BCUT2D eigenvalue weighted by Gasteiger charge is -2.14. The van der Waals surface area contributed by atoms with Crippen molar-refractivity contribution < 1.29 is 31.1 Å². The second-order valence-electron chi connectivity index (χ2n) is 10.3. The van der Waals surface area contributed by atoms with Crippen LogP contribution in [0.4, 0.5) is 16.2 Å². The maximum Gasteiger partial charge on any atom is 0.323 e. The summed E-state index contributed by atoms with van der Waals surface area (Å²) in [5, 5.41) is 6.39. The molecular weight excluding hydrogens is 606 g/mol. The van der Waals surface area contributed by atoms with E-state index >= 15 is 0 Å². The molecule has 3 rings (SSSR count). The van der Waals surface area contributed by atoms with Gasteiger partial charge in [-0.2, -0.15) is 4.57 Å². The fraction of sp³-hybridized carbons (Fsp3) is 0.500. The highest BCUT2D eigenvalue weighted by atomic mass is 79.9. The fourth-order valence-corrected chi connectivity index (χ4v) is 5.36. The van der Waals surface area contributed by atoms with E-state index in [4.69, 9.17) is 16.3 Å². The number of urea groups is 1. The smallest absolute Gasteiger partial charge is 0.323 e. The Morgan fingerprint density at radius 3 is 2.10 bits per heavy atom. The monoisotopic (exact) mass is 649 g/mol. The molecule has 3 aromatic rings. The maximum atomic E-state index is 12.7. The van der Waals surface area contributed by atoms with E-state index in [9.17, 15) is 4.79 Å². The van der Waals surface area contributed by atoms with Crippen molar-refractivity contribution in [1.82, 2.24) is 0 Å². The van der Waals surface area contributed by atoms with Crippen molar-refractivity contribution in [3.8, 4) is 5.75 Å². The van der Waals surface area contributed by atoms with E-state index in [1.54, 1.807) is 29.5 Å². The van der Waals surface area contributed by atoms with Crippen LogP contribution in [0.15, 0.2) is 54.2 Å². The van der Waals surface area contributed by atoms with Gasteiger partial charge in [0.1, 0.15) is 5.75 Å². The number of hydrogen-bond donors (Lipinski definition) is 2. The Hall–Kier alpha value is -2.09. The molecule has 0 fully saturated rings. The number of ether oxygens (including phenoxy) is 1. The largest absolute Gasteiger partial charge is 1.00 e. The molecule has 5 nitrogen and oxygen atoms in total. The van der Waals surface area contributed by atoms with Crippen LogP contribution in [0.3, 0.4) is 0 Å². The number of nitrogens with one attached hydrogen (secondary N) is 2. The van der Waals surface area contributed by atoms with Gasteiger partial charge in [0, 0.05) is 22.3 Å². The van der Waals surface area contributed by atoms with Crippen LogP contribution in [0.2, 0.25) is 5.02 Å². The SMILES string of the molecule is CCCCCCCCCCCCCCOc1cc(Cl)ccc1NC(=O)Nc1ccc(C[n+]2csc(C)c2)cc1.[Br-]. The van der Waals surface area contributed by atoms with Crippen molar-refractivity contribution in [1.29, 1.82) is 0 Å². The van der Waals surface area contributed by atoms with Gasteiger partial charge in [0.25, 0.3) is 0 Å². The summed E-state index contributed by atoms with van der Waals surface area (Å²) in [6.07, 6.45) is 17.8. The van der Waals surface area contributed by atoms with Crippen molar-refractivity contribution in [2.45, 2.75) is 97.4 Å². The molecule has 2 amide bonds. The number of thiazole rings is 1. The first-order chi connectivity index (χ1) is 19.0. The van der Waals surface area contributed by atoms with Crippen LogP contribution in [0.5, 0.6) is 5.75 Å². The van der Waals surface area contributed by atoms with Crippen molar-refractivity contribution in [2.24, 2.45) is 0 Å². The number of rotatable bonds is 18. The van der Waals surface area contributed by atoms with Gasteiger partial charge in [0.05, 0.1) is 17.2 Å². The van der Waals surface area contributed by atoms with Crippen molar-refractivity contribution in [3.05, 3.63) is 69.6 Å². The number of amides is 2. The molecular formula is C32H45BrClN3O2S. The van der Waals surface area contributed by atoms with E-state index in [-0.39, 0.29) is 23.0 Å². The molecule has 1 heterocycles. The Kier molecular flexibility index (Phi) is 17.0. The van der Waals surface area contributed by atoms with E-state index in [2.05, 4.69) is 40.8 Å². The summed E-state index contributed by atoms with van der Waals surface area (Å²) in [6.45, 7) is 5.78. The minimum absolute atomic E-state index is 0. The van der Waals surface area contributed by atoms with Gasteiger partial charge in [0.2, 0.25) is 5.51 Å². The highest BCUT2D eigenvalue weighted by Crippen LogP contribution is 2.29. The molecule has 0 saturated heterocycles. The number of carbonyl (C=O) groups excluding carboxylic acids is 1. The molecule has 0 aliphatic rings. The first-order valence-corrected chi connectivity index (χ1v) is 15.8. The average molecular weight is 651 g/mol. The number of hydrogen-bond acceptors (Lipinski definition) is 3. The lowest BCUT2D eigenvalue weighted by molar-refractivity contribution is -0.683. The molecule has 0 spiro atoms. The van der Waals surface area contributed by atoms with E-state index in [0.717, 1.165) is 25.1 Å². The first kappa shape index (κ1) is 34.1. The number of nitrogens with zero attached hydrogens (tertiary/aromatic N) is 1. The lowest BCUT2D eigenvalue weighted by atomic mass is 10.1. The van der Waals surface area contributed by atoms with E-state index < -0.39 is 0 Å². The Morgan fingerprint density at radius 1 is 0.875 bits per heavy atom. The van der Waals surface area contributed by atoms with Gasteiger partial charge in [-0.1, -0.05) is 113 Å². The molecule has 8 heteroatoms. The normalized spacial score (nSPS) is 10.7. The average Bonchev–Trinajstić information content (AvgIpc) is 3.33. The molecule has 40 heavy (non-hydrogen) atoms. The first-order valence-electron chi connectivity index (χ1n) is 14.6. The highest BCUT2D eigenvalue weighted by Gasteiger charge is 2.10. The minimum atomic E-state index is -0.317. The number of benzene rings is 2. The van der Waals surface area contributed by atoms with E-state index in [1.165, 1.54) is 74.6 Å².